The fourth-order valence-electron chi connectivity index (χ4n) is 2.75. The third-order valence-corrected chi connectivity index (χ3v) is 4.21. The second-order valence-electron chi connectivity index (χ2n) is 6.37. The van der Waals surface area contributed by atoms with Crippen molar-refractivity contribution in [3.8, 4) is 11.5 Å². The Kier molecular flexibility index (Phi) is 6.63. The molecule has 0 atom stereocenters. The normalized spacial score (nSPS) is 10.4. The molecule has 150 valence electrons. The number of benzene rings is 2. The van der Waals surface area contributed by atoms with Crippen LogP contribution in [0, 0.1) is 6.92 Å². The molecule has 0 fully saturated rings. The highest BCUT2D eigenvalue weighted by Crippen LogP contribution is 2.18. The molecule has 0 saturated carbocycles. The smallest absolute Gasteiger partial charge is 0.254 e. The molecule has 1 heterocycles. The first-order chi connectivity index (χ1) is 14.1. The average Bonchev–Trinajstić information content (AvgIpc) is 3.17. The lowest BCUT2D eigenvalue weighted by molar-refractivity contribution is 0.0762. The number of nitrogens with zero attached hydrogens (tertiary/aromatic N) is 3. The van der Waals surface area contributed by atoms with Gasteiger partial charge in [0.15, 0.2) is 6.61 Å². The van der Waals surface area contributed by atoms with Crippen molar-refractivity contribution in [2.75, 3.05) is 13.7 Å². The zero-order valence-corrected chi connectivity index (χ0v) is 16.5. The van der Waals surface area contributed by atoms with E-state index in [9.17, 15) is 4.79 Å². The van der Waals surface area contributed by atoms with Crippen molar-refractivity contribution in [1.29, 1.82) is 0 Å². The van der Waals surface area contributed by atoms with Crippen molar-refractivity contribution < 1.29 is 18.8 Å². The van der Waals surface area contributed by atoms with E-state index in [0.717, 1.165) is 11.3 Å². The Labute approximate surface area is 169 Å². The summed E-state index contributed by atoms with van der Waals surface area (Å²) in [5.41, 5.74) is 1.58. The Balaban J connectivity index is 1.64. The van der Waals surface area contributed by atoms with Crippen molar-refractivity contribution in [1.82, 2.24) is 15.0 Å². The number of amides is 1. The van der Waals surface area contributed by atoms with Crippen LogP contribution in [0.15, 0.2) is 65.7 Å². The van der Waals surface area contributed by atoms with Gasteiger partial charge in [-0.25, -0.2) is 0 Å². The molecule has 0 aliphatic rings. The molecule has 0 bridgehead atoms. The molecular weight excluding hydrogens is 370 g/mol. The number of carbonyl (C=O) groups is 1. The van der Waals surface area contributed by atoms with Gasteiger partial charge in [-0.15, -0.1) is 6.58 Å². The third-order valence-electron chi connectivity index (χ3n) is 4.21. The number of ether oxygens (including phenoxy) is 2. The maximum absolute atomic E-state index is 12.9. The summed E-state index contributed by atoms with van der Waals surface area (Å²) in [5.74, 6) is 2.28. The minimum absolute atomic E-state index is 0.0824. The second-order valence-corrected chi connectivity index (χ2v) is 6.37. The molecule has 0 N–H and O–H groups in total. The molecule has 0 unspecified atom stereocenters. The Morgan fingerprint density at radius 1 is 1.14 bits per heavy atom. The Bertz CT molecular complexity index is 949. The van der Waals surface area contributed by atoms with E-state index in [4.69, 9.17) is 14.0 Å². The van der Waals surface area contributed by atoms with Crippen LogP contribution in [0.3, 0.4) is 0 Å². The van der Waals surface area contributed by atoms with Crippen LogP contribution in [0.2, 0.25) is 0 Å². The summed E-state index contributed by atoms with van der Waals surface area (Å²) in [6, 6.07) is 14.6. The number of hydrogen-bond acceptors (Lipinski definition) is 6. The molecule has 3 rings (SSSR count). The molecule has 0 aliphatic carbocycles. The standard InChI is InChI=1S/C22H23N3O4/c1-4-13-25(14-17-5-9-19(27-3)10-6-17)22(26)18-7-11-20(12-8-18)28-15-21-23-16(2)29-24-21/h4-12H,1,13-15H2,2-3H3. The molecular formula is C22H23N3O4. The average molecular weight is 393 g/mol. The molecule has 0 saturated heterocycles. The lowest BCUT2D eigenvalue weighted by Crippen LogP contribution is -2.30. The SMILES string of the molecule is C=CCN(Cc1ccc(OC)cc1)C(=O)c1ccc(OCc2noc(C)n2)cc1. The van der Waals surface area contributed by atoms with Crippen LogP contribution in [0.25, 0.3) is 0 Å². The van der Waals surface area contributed by atoms with Crippen LogP contribution in [0.4, 0.5) is 0 Å². The van der Waals surface area contributed by atoms with Crippen molar-refractivity contribution >= 4 is 5.91 Å². The van der Waals surface area contributed by atoms with Gasteiger partial charge in [0.2, 0.25) is 11.7 Å². The lowest BCUT2D eigenvalue weighted by Gasteiger charge is -2.21. The van der Waals surface area contributed by atoms with Crippen molar-refractivity contribution in [3.05, 3.63) is 84.0 Å². The topological polar surface area (TPSA) is 77.7 Å². The summed E-state index contributed by atoms with van der Waals surface area (Å²) < 4.78 is 15.7. The summed E-state index contributed by atoms with van der Waals surface area (Å²) in [5, 5.41) is 3.78. The van der Waals surface area contributed by atoms with Crippen LogP contribution in [0.1, 0.15) is 27.6 Å². The third kappa shape index (κ3) is 5.44. The summed E-state index contributed by atoms with van der Waals surface area (Å²) in [6.07, 6.45) is 1.71. The van der Waals surface area contributed by atoms with E-state index in [1.165, 1.54) is 0 Å². The Morgan fingerprint density at radius 3 is 2.41 bits per heavy atom. The van der Waals surface area contributed by atoms with Crippen LogP contribution in [-0.4, -0.2) is 34.6 Å². The fraction of sp³-hybridized carbons (Fsp3) is 0.227. The predicted molar refractivity (Wildman–Crippen MR) is 108 cm³/mol. The highest BCUT2D eigenvalue weighted by Gasteiger charge is 2.15. The van der Waals surface area contributed by atoms with Gasteiger partial charge in [-0.1, -0.05) is 23.4 Å². The van der Waals surface area contributed by atoms with Gasteiger partial charge < -0.3 is 18.9 Å². The Morgan fingerprint density at radius 2 is 1.83 bits per heavy atom. The molecule has 7 nitrogen and oxygen atoms in total. The molecule has 0 radical (unpaired) electrons. The molecule has 1 aromatic heterocycles. The van der Waals surface area contributed by atoms with Gasteiger partial charge in [0.1, 0.15) is 11.5 Å². The van der Waals surface area contributed by atoms with E-state index in [1.807, 2.05) is 24.3 Å². The fourth-order valence-corrected chi connectivity index (χ4v) is 2.75. The van der Waals surface area contributed by atoms with Gasteiger partial charge in [0, 0.05) is 25.6 Å². The summed E-state index contributed by atoms with van der Waals surface area (Å²) in [7, 11) is 1.62. The number of hydrogen-bond donors (Lipinski definition) is 0. The predicted octanol–water partition coefficient (Wildman–Crippen LogP) is 3.79. The number of methoxy groups -OCH3 is 1. The van der Waals surface area contributed by atoms with Crippen LogP contribution >= 0.6 is 0 Å². The minimum Gasteiger partial charge on any atom is -0.497 e. The van der Waals surface area contributed by atoms with Gasteiger partial charge in [-0.05, 0) is 42.0 Å². The number of carbonyl (C=O) groups excluding carboxylic acids is 1. The van der Waals surface area contributed by atoms with E-state index in [1.54, 1.807) is 49.3 Å². The van der Waals surface area contributed by atoms with E-state index in [2.05, 4.69) is 16.7 Å². The molecule has 0 spiro atoms. The van der Waals surface area contributed by atoms with Gasteiger partial charge in [-0.3, -0.25) is 4.79 Å². The van der Waals surface area contributed by atoms with Gasteiger partial charge in [0.25, 0.3) is 5.91 Å². The Hall–Kier alpha value is -3.61. The molecule has 3 aromatic rings. The summed E-state index contributed by atoms with van der Waals surface area (Å²) in [6.45, 7) is 6.60. The van der Waals surface area contributed by atoms with E-state index < -0.39 is 0 Å². The zero-order valence-electron chi connectivity index (χ0n) is 16.5. The molecule has 0 aliphatic heterocycles. The highest BCUT2D eigenvalue weighted by molar-refractivity contribution is 5.94. The van der Waals surface area contributed by atoms with Crippen molar-refractivity contribution in [3.63, 3.8) is 0 Å². The maximum Gasteiger partial charge on any atom is 0.254 e. The monoisotopic (exact) mass is 393 g/mol. The number of aryl methyl sites for hydroxylation is 1. The molecule has 1 amide bonds. The van der Waals surface area contributed by atoms with E-state index in [-0.39, 0.29) is 12.5 Å². The lowest BCUT2D eigenvalue weighted by atomic mass is 10.1. The first kappa shape index (κ1) is 20.1. The summed E-state index contributed by atoms with van der Waals surface area (Å²) in [4.78, 5) is 18.7. The largest absolute Gasteiger partial charge is 0.497 e. The first-order valence-electron chi connectivity index (χ1n) is 9.14. The van der Waals surface area contributed by atoms with Crippen LogP contribution in [0.5, 0.6) is 11.5 Å². The van der Waals surface area contributed by atoms with E-state index in [0.29, 0.717) is 36.1 Å². The van der Waals surface area contributed by atoms with Crippen LogP contribution < -0.4 is 9.47 Å². The van der Waals surface area contributed by atoms with Gasteiger partial charge in [0.05, 0.1) is 7.11 Å². The molecule has 29 heavy (non-hydrogen) atoms. The van der Waals surface area contributed by atoms with Gasteiger partial charge in [-0.2, -0.15) is 4.98 Å². The highest BCUT2D eigenvalue weighted by atomic mass is 16.5. The summed E-state index contributed by atoms with van der Waals surface area (Å²) >= 11 is 0. The number of rotatable bonds is 9. The van der Waals surface area contributed by atoms with E-state index >= 15 is 0 Å². The zero-order chi connectivity index (χ0) is 20.6. The minimum atomic E-state index is -0.0824. The van der Waals surface area contributed by atoms with Crippen molar-refractivity contribution in [2.45, 2.75) is 20.1 Å². The van der Waals surface area contributed by atoms with Gasteiger partial charge >= 0.3 is 0 Å². The second kappa shape index (κ2) is 9.54. The van der Waals surface area contributed by atoms with Crippen LogP contribution in [-0.2, 0) is 13.2 Å². The maximum atomic E-state index is 12.9. The molecule has 7 heteroatoms. The van der Waals surface area contributed by atoms with Crippen molar-refractivity contribution in [2.24, 2.45) is 0 Å². The first-order valence-corrected chi connectivity index (χ1v) is 9.14. The number of aromatic nitrogens is 2. The quantitative estimate of drug-likeness (QED) is 0.515. The molecule has 2 aromatic carbocycles.